The van der Waals surface area contributed by atoms with Crippen LogP contribution in [0.1, 0.15) is 44.5 Å². The minimum absolute atomic E-state index is 0.480. The van der Waals surface area contributed by atoms with Crippen LogP contribution in [0.25, 0.3) is 247 Å². The van der Waals surface area contributed by atoms with Crippen molar-refractivity contribution in [3.63, 3.8) is 0 Å². The van der Waals surface area contributed by atoms with Crippen molar-refractivity contribution in [2.24, 2.45) is 0 Å². The first-order valence-corrected chi connectivity index (χ1v) is 48.2. The predicted molar refractivity (Wildman–Crippen MR) is 580 cm³/mol. The number of para-hydroxylation sites is 3. The fraction of sp³-hybridized carbons (Fsp3) is 0.0147. The normalized spacial score (nSPS) is 13.2. The van der Waals surface area contributed by atoms with E-state index < -0.39 is 10.8 Å². The molecule has 31 rings (SSSR count). The molecule has 0 fully saturated rings. The summed E-state index contributed by atoms with van der Waals surface area (Å²) in [5, 5.41) is 24.9. The van der Waals surface area contributed by atoms with Gasteiger partial charge in [-0.2, -0.15) is 0 Å². The Kier molecular flexibility index (Phi) is 16.3. The Morgan fingerprint density at radius 1 is 0.145 bits per heavy atom. The molecule has 2 nitrogen and oxygen atoms in total. The lowest BCUT2D eigenvalue weighted by Crippen LogP contribution is -2.26. The topological polar surface area (TPSA) is 18.1 Å². The summed E-state index contributed by atoms with van der Waals surface area (Å²) < 4.78 is 8.69. The second kappa shape index (κ2) is 29.3. The number of hydrogen-bond donors (Lipinski definition) is 0. The van der Waals surface area contributed by atoms with Gasteiger partial charge in [-0.1, -0.05) is 419 Å². The lowest BCUT2D eigenvalue weighted by Gasteiger charge is -2.31. The zero-order valence-corrected chi connectivity index (χ0v) is 75.1. The Balaban J connectivity index is 0.000000131. The highest BCUT2D eigenvalue weighted by molar-refractivity contribution is 6.27. The molecular weight excluding hydrogens is 1660 g/mol. The summed E-state index contributed by atoms with van der Waals surface area (Å²) in [5.41, 5.74) is 40.7. The van der Waals surface area contributed by atoms with Crippen molar-refractivity contribution >= 4 is 130 Å². The van der Waals surface area contributed by atoms with Crippen molar-refractivity contribution in [1.29, 1.82) is 0 Å². The fourth-order valence-electron chi connectivity index (χ4n) is 26.0. The van der Waals surface area contributed by atoms with Crippen LogP contribution in [0.4, 0.5) is 0 Å². The smallest absolute Gasteiger partial charge is 0.135 e. The monoisotopic (exact) mass is 1740 g/mol. The molecule has 2 aromatic heterocycles. The summed E-state index contributed by atoms with van der Waals surface area (Å²) >= 11 is 0. The standard InChI is InChI=1S/C71H43N.C65H38O/c1-2-22-48(23-3-1)72-65-36-17-14-28-53(65)60-42-47(38-40-66(60)72)68-57-32-10-8-30-55(57)67(56-31-9-11-33-58(56)68)46-21-18-20-45(41-46)59-43-64-70(54-29-7-6-25-50(54)59)69-49-24-5-4-19-44(49)37-39-63(69)71(64)61-34-15-12-26-51(61)52-27-13-16-35-62(52)71;1-2-19-43-39(16-1)32-34-57-63(43)64-48-24-4-3-20-44(48)53(38-58(64)65(57)55-29-12-9-21-45(55)46-22-10-13-30-56(46)65)40-17-15-18-41(36-40)61-49-25-5-7-27-51(49)62(52-28-8-6-26-50(52)61)42-33-35-60-54(37-42)47-23-11-14-31-59(47)66-60/h1-43H;1-38H. The first kappa shape index (κ1) is 76.7. The zero-order valence-electron chi connectivity index (χ0n) is 75.1. The third kappa shape index (κ3) is 10.6. The van der Waals surface area contributed by atoms with E-state index in [4.69, 9.17) is 4.42 Å². The molecular formula is C136H81NO. The molecule has 2 heterocycles. The average molecular weight is 1750 g/mol. The highest BCUT2D eigenvalue weighted by Gasteiger charge is 2.55. The maximum atomic E-state index is 6.29. The quantitative estimate of drug-likeness (QED) is 0.145. The lowest BCUT2D eigenvalue weighted by atomic mass is 9.70. The molecule has 636 valence electrons. The van der Waals surface area contributed by atoms with E-state index in [1.165, 1.54) is 269 Å². The maximum Gasteiger partial charge on any atom is 0.135 e. The molecule has 0 saturated heterocycles. The average Bonchev–Trinajstić information content (AvgIpc) is 1.50. The number of hydrogen-bond acceptors (Lipinski definition) is 1. The van der Waals surface area contributed by atoms with Crippen molar-refractivity contribution in [2.75, 3.05) is 0 Å². The predicted octanol–water partition coefficient (Wildman–Crippen LogP) is 36.3. The van der Waals surface area contributed by atoms with Gasteiger partial charge in [0, 0.05) is 27.2 Å². The van der Waals surface area contributed by atoms with Crippen LogP contribution in [0, 0.1) is 0 Å². The second-order valence-electron chi connectivity index (χ2n) is 38.0. The van der Waals surface area contributed by atoms with Crippen LogP contribution in [-0.4, -0.2) is 4.57 Å². The van der Waals surface area contributed by atoms with Gasteiger partial charge in [-0.25, -0.2) is 0 Å². The molecule has 2 heteroatoms. The van der Waals surface area contributed by atoms with Gasteiger partial charge in [-0.05, 0) is 315 Å². The Bertz CT molecular complexity index is 9800. The van der Waals surface area contributed by atoms with Crippen LogP contribution in [0.2, 0.25) is 0 Å². The van der Waals surface area contributed by atoms with E-state index in [0.29, 0.717) is 0 Å². The molecule has 138 heavy (non-hydrogen) atoms. The number of rotatable bonds is 7. The second-order valence-corrected chi connectivity index (χ2v) is 38.0. The Morgan fingerprint density at radius 2 is 0.449 bits per heavy atom. The molecule has 4 aliphatic carbocycles. The highest BCUT2D eigenvalue weighted by Crippen LogP contribution is 2.68. The number of benzene rings is 25. The van der Waals surface area contributed by atoms with Crippen LogP contribution in [0.15, 0.2) is 496 Å². The van der Waals surface area contributed by atoms with Crippen molar-refractivity contribution in [3.05, 3.63) is 536 Å². The van der Waals surface area contributed by atoms with Crippen molar-refractivity contribution in [3.8, 4) is 117 Å². The van der Waals surface area contributed by atoms with E-state index in [2.05, 4.69) is 490 Å². The summed E-state index contributed by atoms with van der Waals surface area (Å²) in [6, 6.07) is 184. The zero-order chi connectivity index (χ0) is 90.2. The van der Waals surface area contributed by atoms with E-state index in [1.807, 2.05) is 6.07 Å². The molecule has 0 atom stereocenters. The summed E-state index contributed by atoms with van der Waals surface area (Å²) in [5.74, 6) is 0. The number of furan rings is 1. The van der Waals surface area contributed by atoms with Gasteiger partial charge in [0.25, 0.3) is 0 Å². The van der Waals surface area contributed by atoms with Crippen LogP contribution in [0.5, 0.6) is 0 Å². The summed E-state index contributed by atoms with van der Waals surface area (Å²) in [6.07, 6.45) is 0. The molecule has 4 aliphatic rings. The first-order chi connectivity index (χ1) is 68.5. The summed E-state index contributed by atoms with van der Waals surface area (Å²) in [7, 11) is 0. The van der Waals surface area contributed by atoms with E-state index in [0.717, 1.165) is 21.9 Å². The van der Waals surface area contributed by atoms with Crippen molar-refractivity contribution in [1.82, 2.24) is 4.57 Å². The molecule has 0 saturated carbocycles. The molecule has 0 aliphatic heterocycles. The van der Waals surface area contributed by atoms with E-state index >= 15 is 0 Å². The molecule has 2 spiro atoms. The molecule has 0 bridgehead atoms. The fourth-order valence-corrected chi connectivity index (χ4v) is 26.0. The van der Waals surface area contributed by atoms with Gasteiger partial charge in [-0.3, -0.25) is 0 Å². The van der Waals surface area contributed by atoms with Gasteiger partial charge in [0.05, 0.1) is 21.9 Å². The summed E-state index contributed by atoms with van der Waals surface area (Å²) in [6.45, 7) is 0. The van der Waals surface area contributed by atoms with Gasteiger partial charge in [0.15, 0.2) is 0 Å². The van der Waals surface area contributed by atoms with Crippen LogP contribution < -0.4 is 0 Å². The van der Waals surface area contributed by atoms with Gasteiger partial charge >= 0.3 is 0 Å². The third-order valence-electron chi connectivity index (χ3n) is 31.4. The van der Waals surface area contributed by atoms with E-state index in [9.17, 15) is 0 Å². The van der Waals surface area contributed by atoms with Crippen molar-refractivity contribution in [2.45, 2.75) is 10.8 Å². The molecule has 25 aromatic carbocycles. The Labute approximate surface area is 796 Å². The number of nitrogens with zero attached hydrogens (tertiary/aromatic N) is 1. The third-order valence-corrected chi connectivity index (χ3v) is 31.4. The largest absolute Gasteiger partial charge is 0.456 e. The van der Waals surface area contributed by atoms with Gasteiger partial charge in [-0.15, -0.1) is 0 Å². The van der Waals surface area contributed by atoms with E-state index in [1.54, 1.807) is 0 Å². The molecule has 0 unspecified atom stereocenters. The Hall–Kier alpha value is -17.8. The summed E-state index contributed by atoms with van der Waals surface area (Å²) in [4.78, 5) is 0. The molecule has 27 aromatic rings. The number of fused-ring (bicyclic) bond motifs is 38. The molecule has 0 amide bonds. The SMILES string of the molecule is c1cc(-c2cc3c(c4ccccc24)-c2c(ccc4ccccc24)C32c3ccccc3-c3ccccc32)cc(-c2c3ccccc3c(-c3ccc4oc5ccccc5c4c3)c3ccccc23)c1.c1ccc(-n2c3ccccc3c3cc(-c4c5ccccc5c(-c5cccc(-c6cc7c(c8ccccc68)-c6c(ccc8ccccc68)C76c7ccccc7-c7ccccc76)c5)c5ccccc45)ccc32)cc1. The molecule has 0 radical (unpaired) electrons. The molecule has 0 N–H and O–H groups in total. The van der Waals surface area contributed by atoms with Gasteiger partial charge in [0.1, 0.15) is 11.2 Å². The van der Waals surface area contributed by atoms with Crippen LogP contribution in [0.3, 0.4) is 0 Å². The first-order valence-electron chi connectivity index (χ1n) is 48.2. The Morgan fingerprint density at radius 3 is 0.884 bits per heavy atom. The minimum Gasteiger partial charge on any atom is -0.456 e. The van der Waals surface area contributed by atoms with Gasteiger partial charge < -0.3 is 8.98 Å². The minimum atomic E-state index is -0.486. The highest BCUT2D eigenvalue weighted by atomic mass is 16.3. The number of aromatic nitrogens is 1. The van der Waals surface area contributed by atoms with Crippen LogP contribution in [-0.2, 0) is 10.8 Å². The van der Waals surface area contributed by atoms with Gasteiger partial charge in [0.2, 0.25) is 0 Å². The van der Waals surface area contributed by atoms with Crippen molar-refractivity contribution < 1.29 is 4.42 Å². The maximum absolute atomic E-state index is 6.29. The lowest BCUT2D eigenvalue weighted by molar-refractivity contribution is 0.669. The van der Waals surface area contributed by atoms with E-state index in [-0.39, 0.29) is 0 Å². The van der Waals surface area contributed by atoms with Crippen LogP contribution >= 0.6 is 0 Å².